The number of hydrogen-bond acceptors (Lipinski definition) is 9. The van der Waals surface area contributed by atoms with Gasteiger partial charge in [-0.05, 0) is 6.92 Å². The lowest BCUT2D eigenvalue weighted by Crippen LogP contribution is -2.46. The molecule has 9 heteroatoms. The maximum absolute atomic E-state index is 12.1. The number of carbonyl (C=O) groups is 5. The van der Waals surface area contributed by atoms with E-state index in [1.165, 1.54) is 6.92 Å². The second-order valence-corrected chi connectivity index (χ2v) is 5.12. The first kappa shape index (κ1) is 18.5. The summed E-state index contributed by atoms with van der Waals surface area (Å²) in [5, 5.41) is 17.1. The summed E-state index contributed by atoms with van der Waals surface area (Å²) in [4.78, 5) is 58.5. The summed E-state index contributed by atoms with van der Waals surface area (Å²) in [6.07, 6.45) is -2.32. The summed E-state index contributed by atoms with van der Waals surface area (Å²) in [6.45, 7) is 3.72. The Morgan fingerprint density at radius 2 is 1.61 bits per heavy atom. The molecule has 0 bridgehead atoms. The molecule has 1 aliphatic heterocycles. The first-order valence-electron chi connectivity index (χ1n) is 6.67. The van der Waals surface area contributed by atoms with Crippen LogP contribution in [-0.2, 0) is 28.7 Å². The van der Waals surface area contributed by atoms with Crippen molar-refractivity contribution in [2.24, 2.45) is 10.2 Å². The molecule has 0 saturated carbocycles. The number of hydrogen-bond donors (Lipinski definition) is 1. The van der Waals surface area contributed by atoms with Gasteiger partial charge in [-0.25, -0.2) is 4.79 Å². The number of nitrogens with zero attached hydrogens (tertiary/aromatic N) is 2. The van der Waals surface area contributed by atoms with Gasteiger partial charge in [0.05, 0.1) is 19.3 Å². The number of rotatable bonds is 2. The van der Waals surface area contributed by atoms with Crippen molar-refractivity contribution in [3.05, 3.63) is 12.2 Å². The third-order valence-electron chi connectivity index (χ3n) is 2.83. The maximum Gasteiger partial charge on any atom is 0.335 e. The van der Waals surface area contributed by atoms with Gasteiger partial charge in [0.15, 0.2) is 11.6 Å². The lowest BCUT2D eigenvalue weighted by Gasteiger charge is -2.25. The van der Waals surface area contributed by atoms with Crippen molar-refractivity contribution in [2.75, 3.05) is 13.1 Å². The molecule has 0 aliphatic carbocycles. The van der Waals surface area contributed by atoms with Gasteiger partial charge in [0.2, 0.25) is 5.78 Å². The second-order valence-electron chi connectivity index (χ2n) is 5.12. The van der Waals surface area contributed by atoms with E-state index in [2.05, 4.69) is 21.5 Å². The quantitative estimate of drug-likeness (QED) is 0.318. The molecule has 0 saturated heterocycles. The van der Waals surface area contributed by atoms with Crippen LogP contribution in [0.4, 0.5) is 0 Å². The zero-order chi connectivity index (χ0) is 17.6. The minimum absolute atomic E-state index is 0.110. The van der Waals surface area contributed by atoms with Crippen LogP contribution in [0.25, 0.3) is 0 Å². The van der Waals surface area contributed by atoms with Crippen molar-refractivity contribution < 1.29 is 33.8 Å². The van der Waals surface area contributed by atoms with Crippen LogP contribution in [0.3, 0.4) is 0 Å². The first-order chi connectivity index (χ1) is 10.6. The predicted octanol–water partition coefficient (Wildman–Crippen LogP) is -0.293. The molecule has 23 heavy (non-hydrogen) atoms. The molecule has 1 aliphatic rings. The molecule has 124 valence electrons. The Labute approximate surface area is 131 Å². The summed E-state index contributed by atoms with van der Waals surface area (Å²) in [7, 11) is 0. The molecule has 0 aromatic carbocycles. The van der Waals surface area contributed by atoms with Crippen LogP contribution < -0.4 is 0 Å². The van der Waals surface area contributed by atoms with E-state index in [1.54, 1.807) is 0 Å². The highest BCUT2D eigenvalue weighted by Crippen LogP contribution is 2.20. The minimum Gasteiger partial charge on any atom is -0.422 e. The molecule has 0 radical (unpaired) electrons. The van der Waals surface area contributed by atoms with Crippen LogP contribution in [0.2, 0.25) is 0 Å². The van der Waals surface area contributed by atoms with Crippen LogP contribution in [0.15, 0.2) is 22.4 Å². The van der Waals surface area contributed by atoms with Crippen molar-refractivity contribution in [2.45, 2.75) is 32.0 Å². The van der Waals surface area contributed by atoms with E-state index in [1.807, 2.05) is 0 Å². The van der Waals surface area contributed by atoms with Crippen LogP contribution in [0.1, 0.15) is 26.2 Å². The monoisotopic (exact) mass is 324 g/mol. The average molecular weight is 324 g/mol. The van der Waals surface area contributed by atoms with Gasteiger partial charge in [-0.2, -0.15) is 10.2 Å². The van der Waals surface area contributed by atoms with E-state index in [4.69, 9.17) is 0 Å². The molecule has 9 nitrogen and oxygen atoms in total. The van der Waals surface area contributed by atoms with Crippen molar-refractivity contribution in [1.29, 1.82) is 0 Å². The zero-order valence-electron chi connectivity index (χ0n) is 12.5. The lowest BCUT2D eigenvalue weighted by atomic mass is 9.98. The van der Waals surface area contributed by atoms with Gasteiger partial charge in [0.25, 0.3) is 5.79 Å². The highest BCUT2D eigenvalue weighted by molar-refractivity contribution is 6.07. The van der Waals surface area contributed by atoms with Gasteiger partial charge >= 0.3 is 5.97 Å². The van der Waals surface area contributed by atoms with Gasteiger partial charge < -0.3 is 9.84 Å². The molecule has 0 aromatic rings. The van der Waals surface area contributed by atoms with Crippen LogP contribution in [0, 0.1) is 0 Å². The maximum atomic E-state index is 12.1. The Bertz CT molecular complexity index is 608. The first-order valence-corrected chi connectivity index (χ1v) is 6.67. The molecule has 1 heterocycles. The molecule has 1 rings (SSSR count). The molecule has 0 fully saturated rings. The summed E-state index contributed by atoms with van der Waals surface area (Å²) in [5.41, 5.74) is -0.110. The third-order valence-corrected chi connectivity index (χ3v) is 2.83. The Morgan fingerprint density at radius 3 is 2.13 bits per heavy atom. The molecule has 0 spiro atoms. The fourth-order valence-corrected chi connectivity index (χ4v) is 1.67. The third kappa shape index (κ3) is 5.62. The van der Waals surface area contributed by atoms with Crippen molar-refractivity contribution in [3.8, 4) is 0 Å². The fourth-order valence-electron chi connectivity index (χ4n) is 1.67. The van der Waals surface area contributed by atoms with E-state index < -0.39 is 67.2 Å². The Morgan fingerprint density at radius 1 is 1.09 bits per heavy atom. The highest BCUT2D eigenvalue weighted by atomic mass is 16.7. The van der Waals surface area contributed by atoms with Gasteiger partial charge in [-0.1, -0.05) is 6.58 Å². The topological polar surface area (TPSA) is 140 Å². The summed E-state index contributed by atoms with van der Waals surface area (Å²) >= 11 is 0. The second kappa shape index (κ2) is 7.63. The fraction of sp³-hybridized carbons (Fsp3) is 0.500. The van der Waals surface area contributed by atoms with E-state index in [0.29, 0.717) is 0 Å². The lowest BCUT2D eigenvalue weighted by molar-refractivity contribution is -0.208. The van der Waals surface area contributed by atoms with E-state index in [9.17, 15) is 29.1 Å². The van der Waals surface area contributed by atoms with Crippen molar-refractivity contribution >= 4 is 29.1 Å². The van der Waals surface area contributed by atoms with Crippen molar-refractivity contribution in [3.63, 3.8) is 0 Å². The molecule has 1 atom stereocenters. The van der Waals surface area contributed by atoms with E-state index in [-0.39, 0.29) is 5.57 Å². The van der Waals surface area contributed by atoms with E-state index in [0.717, 1.165) is 0 Å². The SMILES string of the molecule is C=C(C)C(=O)OC1(O)CC(=O)CC(=O)CN=NCC(=O)CC1=O. The summed E-state index contributed by atoms with van der Waals surface area (Å²) in [6, 6.07) is 0. The standard InChI is InChI=1S/C14H16N2O7/c1-8(2)13(21)23-14(22)5-9(17)3-10(18)6-15-16-7-11(19)4-12(14)20/h22H,1,3-7H2,2H3. The molecule has 1 N–H and O–H groups in total. The van der Waals surface area contributed by atoms with Crippen LogP contribution in [0.5, 0.6) is 0 Å². The normalized spacial score (nSPS) is 23.9. The van der Waals surface area contributed by atoms with Gasteiger partial charge in [0, 0.05) is 5.57 Å². The average Bonchev–Trinajstić information content (AvgIpc) is 2.41. The van der Waals surface area contributed by atoms with Crippen LogP contribution in [-0.4, -0.2) is 53.1 Å². The Kier molecular flexibility index (Phi) is 6.14. The molecular formula is C14H16N2O7. The van der Waals surface area contributed by atoms with Gasteiger partial charge in [-0.3, -0.25) is 19.2 Å². The molecule has 0 amide bonds. The largest absolute Gasteiger partial charge is 0.422 e. The predicted molar refractivity (Wildman–Crippen MR) is 74.3 cm³/mol. The number of ether oxygens (including phenoxy) is 1. The number of esters is 1. The van der Waals surface area contributed by atoms with Gasteiger partial charge in [0.1, 0.15) is 18.9 Å². The highest BCUT2D eigenvalue weighted by Gasteiger charge is 2.43. The number of ketones is 4. The number of Topliss-reactive ketones (excluding diaryl/α,β-unsaturated/α-hetero) is 4. The Hall–Kier alpha value is -2.55. The number of aliphatic hydroxyl groups is 1. The number of carbonyl (C=O) groups excluding carboxylic acids is 5. The summed E-state index contributed by atoms with van der Waals surface area (Å²) in [5.74, 6) is -7.23. The summed E-state index contributed by atoms with van der Waals surface area (Å²) < 4.78 is 4.64. The molecule has 0 aromatic heterocycles. The Balaban J connectivity index is 3.09. The zero-order valence-corrected chi connectivity index (χ0v) is 12.5. The van der Waals surface area contributed by atoms with Crippen LogP contribution >= 0.6 is 0 Å². The minimum atomic E-state index is -2.82. The van der Waals surface area contributed by atoms with Gasteiger partial charge in [-0.15, -0.1) is 0 Å². The smallest absolute Gasteiger partial charge is 0.335 e. The number of azo groups is 1. The van der Waals surface area contributed by atoms with E-state index >= 15 is 0 Å². The van der Waals surface area contributed by atoms with Crippen molar-refractivity contribution in [1.82, 2.24) is 0 Å². The molecule has 1 unspecified atom stereocenters. The molecular weight excluding hydrogens is 308 g/mol.